The third kappa shape index (κ3) is 3.95. The highest BCUT2D eigenvalue weighted by molar-refractivity contribution is 8.01. The molecule has 2 rings (SSSR count). The number of thioether (sulfide) groups is 1. The summed E-state index contributed by atoms with van der Waals surface area (Å²) >= 11 is 5.32. The Labute approximate surface area is 102 Å². The van der Waals surface area contributed by atoms with Crippen LogP contribution in [0.25, 0.3) is 0 Å². The molecule has 2 heterocycles. The average Bonchev–Trinajstić information content (AvgIpc) is 2.88. The van der Waals surface area contributed by atoms with Gasteiger partial charge in [-0.1, -0.05) is 17.8 Å². The molecule has 80 valence electrons. The molecule has 0 saturated heterocycles. The minimum atomic E-state index is 0.982. The van der Waals surface area contributed by atoms with Gasteiger partial charge in [0, 0.05) is 35.3 Å². The van der Waals surface area contributed by atoms with E-state index in [9.17, 15) is 0 Å². The number of thiazole rings is 1. The second kappa shape index (κ2) is 6.27. The van der Waals surface area contributed by atoms with Gasteiger partial charge in [-0.25, -0.2) is 4.98 Å². The van der Waals surface area contributed by atoms with Crippen LogP contribution in [0.1, 0.15) is 4.88 Å². The van der Waals surface area contributed by atoms with Gasteiger partial charge < -0.3 is 5.32 Å². The third-order valence-electron chi connectivity index (χ3n) is 1.79. The van der Waals surface area contributed by atoms with Crippen molar-refractivity contribution in [2.75, 3.05) is 12.3 Å². The SMILES string of the molecule is c1csc(CNCCSc2nccs2)c1. The molecule has 0 bridgehead atoms. The van der Waals surface area contributed by atoms with E-state index in [1.54, 1.807) is 22.7 Å². The fraction of sp³-hybridized carbons (Fsp3) is 0.300. The second-order valence-electron chi connectivity index (χ2n) is 2.90. The van der Waals surface area contributed by atoms with Crippen molar-refractivity contribution in [1.82, 2.24) is 10.3 Å². The van der Waals surface area contributed by atoms with Crippen molar-refractivity contribution < 1.29 is 0 Å². The smallest absolute Gasteiger partial charge is 0.149 e. The lowest BCUT2D eigenvalue weighted by Crippen LogP contribution is -2.15. The molecule has 1 N–H and O–H groups in total. The fourth-order valence-electron chi connectivity index (χ4n) is 1.12. The molecule has 0 aromatic carbocycles. The van der Waals surface area contributed by atoms with Gasteiger partial charge in [-0.15, -0.1) is 22.7 Å². The zero-order chi connectivity index (χ0) is 10.3. The van der Waals surface area contributed by atoms with Crippen LogP contribution in [-0.4, -0.2) is 17.3 Å². The van der Waals surface area contributed by atoms with E-state index in [4.69, 9.17) is 0 Å². The summed E-state index contributed by atoms with van der Waals surface area (Å²) in [7, 11) is 0. The maximum atomic E-state index is 4.22. The predicted octanol–water partition coefficient (Wildman–Crippen LogP) is 3.09. The summed E-state index contributed by atoms with van der Waals surface area (Å²) in [5.74, 6) is 1.08. The normalized spacial score (nSPS) is 10.7. The Morgan fingerprint density at radius 1 is 1.33 bits per heavy atom. The highest BCUT2D eigenvalue weighted by Crippen LogP contribution is 2.19. The molecule has 0 radical (unpaired) electrons. The second-order valence-corrected chi connectivity index (χ2v) is 6.17. The average molecular weight is 256 g/mol. The molecule has 0 fully saturated rings. The van der Waals surface area contributed by atoms with Crippen LogP contribution in [0.2, 0.25) is 0 Å². The Bertz CT molecular complexity index is 320. The van der Waals surface area contributed by atoms with Crippen molar-refractivity contribution >= 4 is 34.4 Å². The Hall–Kier alpha value is -0.360. The Kier molecular flexibility index (Phi) is 4.66. The van der Waals surface area contributed by atoms with Gasteiger partial charge in [0.1, 0.15) is 4.34 Å². The maximum Gasteiger partial charge on any atom is 0.149 e. The van der Waals surface area contributed by atoms with Gasteiger partial charge >= 0.3 is 0 Å². The van der Waals surface area contributed by atoms with E-state index < -0.39 is 0 Å². The minimum Gasteiger partial charge on any atom is -0.311 e. The molecule has 2 nitrogen and oxygen atoms in total. The van der Waals surface area contributed by atoms with Crippen LogP contribution in [0, 0.1) is 0 Å². The van der Waals surface area contributed by atoms with Gasteiger partial charge in [-0.3, -0.25) is 0 Å². The zero-order valence-corrected chi connectivity index (χ0v) is 10.6. The first-order chi connectivity index (χ1) is 7.45. The molecule has 0 unspecified atom stereocenters. The summed E-state index contributed by atoms with van der Waals surface area (Å²) in [6.45, 7) is 2.01. The predicted molar refractivity (Wildman–Crippen MR) is 68.9 cm³/mol. The number of rotatable bonds is 6. The summed E-state index contributed by atoms with van der Waals surface area (Å²) in [6, 6.07) is 4.25. The molecule has 5 heteroatoms. The van der Waals surface area contributed by atoms with Crippen LogP contribution in [0.5, 0.6) is 0 Å². The molecule has 15 heavy (non-hydrogen) atoms. The molecule has 0 aliphatic heterocycles. The number of nitrogens with zero attached hydrogens (tertiary/aromatic N) is 1. The van der Waals surface area contributed by atoms with Crippen LogP contribution < -0.4 is 5.32 Å². The molecule has 0 aliphatic carbocycles. The van der Waals surface area contributed by atoms with Crippen LogP contribution >= 0.6 is 34.4 Å². The highest BCUT2D eigenvalue weighted by atomic mass is 32.2. The lowest BCUT2D eigenvalue weighted by molar-refractivity contribution is 0.741. The van der Waals surface area contributed by atoms with Gasteiger partial charge in [0.15, 0.2) is 0 Å². The van der Waals surface area contributed by atoms with Crippen molar-refractivity contribution in [1.29, 1.82) is 0 Å². The summed E-state index contributed by atoms with van der Waals surface area (Å²) < 4.78 is 1.16. The lowest BCUT2D eigenvalue weighted by atomic mass is 10.4. The van der Waals surface area contributed by atoms with Gasteiger partial charge in [0.05, 0.1) is 0 Å². The fourth-order valence-corrected chi connectivity index (χ4v) is 3.40. The highest BCUT2D eigenvalue weighted by Gasteiger charge is 1.96. The molecule has 0 spiro atoms. The summed E-state index contributed by atoms with van der Waals surface area (Å²) in [4.78, 5) is 5.62. The van der Waals surface area contributed by atoms with E-state index in [1.807, 2.05) is 23.3 Å². The molecule has 0 aliphatic rings. The number of aromatic nitrogens is 1. The quantitative estimate of drug-likeness (QED) is 0.635. The van der Waals surface area contributed by atoms with Crippen LogP contribution in [0.15, 0.2) is 33.4 Å². The van der Waals surface area contributed by atoms with Crippen LogP contribution in [0.4, 0.5) is 0 Å². The minimum absolute atomic E-state index is 0.982. The van der Waals surface area contributed by atoms with Crippen molar-refractivity contribution in [3.05, 3.63) is 34.0 Å². The molecule has 2 aromatic heterocycles. The lowest BCUT2D eigenvalue weighted by Gasteiger charge is -2.01. The monoisotopic (exact) mass is 256 g/mol. The molecular weight excluding hydrogens is 244 g/mol. The number of thiophene rings is 1. The summed E-state index contributed by atoms with van der Waals surface area (Å²) in [5.41, 5.74) is 0. The molecule has 2 aromatic rings. The zero-order valence-electron chi connectivity index (χ0n) is 8.18. The molecular formula is C10H12N2S3. The Balaban J connectivity index is 1.56. The van der Waals surface area contributed by atoms with E-state index in [1.165, 1.54) is 4.88 Å². The third-order valence-corrected chi connectivity index (χ3v) is 4.64. The number of hydrogen-bond donors (Lipinski definition) is 1. The van der Waals surface area contributed by atoms with Crippen LogP contribution in [0.3, 0.4) is 0 Å². The number of hydrogen-bond acceptors (Lipinski definition) is 5. The van der Waals surface area contributed by atoms with E-state index in [0.717, 1.165) is 23.2 Å². The standard InChI is InChI=1S/C10H12N2S3/c1-2-9(13-5-1)8-11-3-6-14-10-12-4-7-15-10/h1-2,4-5,7,11H,3,6,8H2. The maximum absolute atomic E-state index is 4.22. The Morgan fingerprint density at radius 3 is 3.07 bits per heavy atom. The largest absolute Gasteiger partial charge is 0.311 e. The van der Waals surface area contributed by atoms with E-state index in [-0.39, 0.29) is 0 Å². The van der Waals surface area contributed by atoms with Crippen molar-refractivity contribution in [3.63, 3.8) is 0 Å². The topological polar surface area (TPSA) is 24.9 Å². The van der Waals surface area contributed by atoms with Gasteiger partial charge in [-0.05, 0) is 11.4 Å². The first-order valence-electron chi connectivity index (χ1n) is 4.70. The Morgan fingerprint density at radius 2 is 2.33 bits per heavy atom. The van der Waals surface area contributed by atoms with Crippen molar-refractivity contribution in [2.45, 2.75) is 10.9 Å². The van der Waals surface area contributed by atoms with Gasteiger partial charge in [-0.2, -0.15) is 0 Å². The van der Waals surface area contributed by atoms with Gasteiger partial charge in [0.2, 0.25) is 0 Å². The van der Waals surface area contributed by atoms with Gasteiger partial charge in [0.25, 0.3) is 0 Å². The van der Waals surface area contributed by atoms with E-state index >= 15 is 0 Å². The number of nitrogens with one attached hydrogen (secondary N) is 1. The van der Waals surface area contributed by atoms with E-state index in [2.05, 4.69) is 27.8 Å². The molecule has 0 atom stereocenters. The first-order valence-corrected chi connectivity index (χ1v) is 7.45. The molecule has 0 amide bonds. The van der Waals surface area contributed by atoms with Crippen LogP contribution in [-0.2, 0) is 6.54 Å². The van der Waals surface area contributed by atoms with E-state index in [0.29, 0.717) is 0 Å². The first kappa shape index (κ1) is 11.1. The summed E-state index contributed by atoms with van der Waals surface area (Å²) in [5, 5.41) is 7.54. The van der Waals surface area contributed by atoms with Crippen molar-refractivity contribution in [3.8, 4) is 0 Å². The van der Waals surface area contributed by atoms with Crippen molar-refractivity contribution in [2.24, 2.45) is 0 Å². The molecule has 0 saturated carbocycles. The summed E-state index contributed by atoms with van der Waals surface area (Å²) in [6.07, 6.45) is 1.85.